The lowest BCUT2D eigenvalue weighted by molar-refractivity contribution is -0.111. The van der Waals surface area contributed by atoms with Crippen LogP contribution in [0.25, 0.3) is 0 Å². The molecule has 0 aliphatic rings. The molecule has 0 saturated carbocycles. The molecule has 0 heterocycles. The van der Waals surface area contributed by atoms with Gasteiger partial charge in [-0.1, -0.05) is 104 Å². The Bertz CT molecular complexity index is 554. The van der Waals surface area contributed by atoms with Crippen LogP contribution in [0.15, 0.2) is 60.7 Å². The largest absolute Gasteiger partial charge is 0.303 e. The van der Waals surface area contributed by atoms with Gasteiger partial charge in [-0.05, 0) is 18.9 Å². The molecule has 128 valence electrons. The Morgan fingerprint density at radius 2 is 1.38 bits per heavy atom. The summed E-state index contributed by atoms with van der Waals surface area (Å²) in [4.78, 5) is 11.3. The van der Waals surface area contributed by atoms with Crippen molar-refractivity contribution in [3.63, 3.8) is 0 Å². The first-order valence-corrected chi connectivity index (χ1v) is 12.0. The molecule has 24 heavy (non-hydrogen) atoms. The van der Waals surface area contributed by atoms with Crippen LogP contribution in [0.2, 0.25) is 12.6 Å². The Kier molecular flexibility index (Phi) is 7.45. The number of unbranched alkanes of at least 4 members (excludes halogenated alkanes) is 1. The Morgan fingerprint density at radius 3 is 1.83 bits per heavy atom. The normalized spacial score (nSPS) is 12.8. The van der Waals surface area contributed by atoms with Gasteiger partial charge in [-0.25, -0.2) is 0 Å². The predicted molar refractivity (Wildman–Crippen MR) is 107 cm³/mol. The Morgan fingerprint density at radius 1 is 0.875 bits per heavy atom. The lowest BCUT2D eigenvalue weighted by Crippen LogP contribution is -2.55. The highest BCUT2D eigenvalue weighted by molar-refractivity contribution is 7.01. The minimum atomic E-state index is -1.73. The van der Waals surface area contributed by atoms with Gasteiger partial charge < -0.3 is 4.79 Å². The summed E-state index contributed by atoms with van der Waals surface area (Å²) in [7, 11) is -1.73. The van der Waals surface area contributed by atoms with Crippen molar-refractivity contribution in [2.75, 3.05) is 0 Å². The second kappa shape index (κ2) is 9.58. The highest BCUT2D eigenvalue weighted by atomic mass is 28.3. The van der Waals surface area contributed by atoms with E-state index in [1.807, 2.05) is 0 Å². The van der Waals surface area contributed by atoms with Crippen LogP contribution in [-0.4, -0.2) is 14.4 Å². The van der Waals surface area contributed by atoms with Gasteiger partial charge in [0.1, 0.15) is 14.4 Å². The van der Waals surface area contributed by atoms with Crippen LogP contribution in [0.5, 0.6) is 0 Å². The van der Waals surface area contributed by atoms with Gasteiger partial charge in [-0.2, -0.15) is 0 Å². The molecule has 0 amide bonds. The van der Waals surface area contributed by atoms with Gasteiger partial charge in [0.15, 0.2) is 0 Å². The molecule has 0 N–H and O–H groups in total. The SMILES string of the molecule is CCCCC(C=O)CCC[Si](C)(c1ccccc1)c1ccccc1. The third-order valence-corrected chi connectivity index (χ3v) is 9.76. The summed E-state index contributed by atoms with van der Waals surface area (Å²) in [5.41, 5.74) is 0. The quantitative estimate of drug-likeness (QED) is 0.455. The molecule has 0 saturated heterocycles. The summed E-state index contributed by atoms with van der Waals surface area (Å²) < 4.78 is 0. The summed E-state index contributed by atoms with van der Waals surface area (Å²) in [5.74, 6) is 0.245. The maximum atomic E-state index is 11.3. The van der Waals surface area contributed by atoms with Gasteiger partial charge >= 0.3 is 0 Å². The fraction of sp³-hybridized carbons (Fsp3) is 0.409. The first-order valence-electron chi connectivity index (χ1n) is 9.27. The van der Waals surface area contributed by atoms with E-state index < -0.39 is 8.07 Å². The molecule has 2 aromatic rings. The molecule has 1 atom stereocenters. The molecule has 0 bridgehead atoms. The fourth-order valence-electron chi connectivity index (χ4n) is 3.53. The van der Waals surface area contributed by atoms with Gasteiger partial charge in [0, 0.05) is 5.92 Å². The van der Waals surface area contributed by atoms with Crippen LogP contribution in [0.4, 0.5) is 0 Å². The minimum Gasteiger partial charge on any atom is -0.303 e. The standard InChI is InChI=1S/C22H30OSi/c1-3-4-12-20(19-23)13-11-18-24(2,21-14-7-5-8-15-21)22-16-9-6-10-17-22/h5-10,14-17,19-20H,3-4,11-13,18H2,1-2H3. The first-order chi connectivity index (χ1) is 11.7. The zero-order valence-electron chi connectivity index (χ0n) is 15.1. The lowest BCUT2D eigenvalue weighted by atomic mass is 9.99. The van der Waals surface area contributed by atoms with Gasteiger partial charge in [-0.15, -0.1) is 0 Å². The molecular weight excluding hydrogens is 308 g/mol. The molecule has 0 aliphatic heterocycles. The summed E-state index contributed by atoms with van der Waals surface area (Å²) >= 11 is 0. The Labute approximate surface area is 148 Å². The van der Waals surface area contributed by atoms with E-state index in [9.17, 15) is 4.79 Å². The second-order valence-electron chi connectivity index (χ2n) is 6.99. The number of carbonyl (C=O) groups excluding carboxylic acids is 1. The van der Waals surface area contributed by atoms with Crippen molar-refractivity contribution in [1.29, 1.82) is 0 Å². The number of benzene rings is 2. The van der Waals surface area contributed by atoms with E-state index >= 15 is 0 Å². The average Bonchev–Trinajstić information content (AvgIpc) is 2.65. The lowest BCUT2D eigenvalue weighted by Gasteiger charge is -2.29. The molecular formula is C22H30OSi. The zero-order valence-corrected chi connectivity index (χ0v) is 16.1. The van der Waals surface area contributed by atoms with E-state index in [2.05, 4.69) is 74.1 Å². The summed E-state index contributed by atoms with van der Waals surface area (Å²) in [5, 5.41) is 2.99. The fourth-order valence-corrected chi connectivity index (χ4v) is 7.21. The molecule has 0 radical (unpaired) electrons. The van der Waals surface area contributed by atoms with Gasteiger partial charge in [-0.3, -0.25) is 0 Å². The smallest absolute Gasteiger partial charge is 0.123 e. The maximum Gasteiger partial charge on any atom is 0.123 e. The van der Waals surface area contributed by atoms with Crippen LogP contribution in [-0.2, 0) is 4.79 Å². The summed E-state index contributed by atoms with van der Waals surface area (Å²) in [6.07, 6.45) is 6.74. The average molecular weight is 339 g/mol. The third-order valence-electron chi connectivity index (χ3n) is 5.19. The van der Waals surface area contributed by atoms with E-state index in [0.717, 1.165) is 25.7 Å². The third kappa shape index (κ3) is 4.91. The van der Waals surface area contributed by atoms with Gasteiger partial charge in [0.25, 0.3) is 0 Å². The number of hydrogen-bond donors (Lipinski definition) is 0. The van der Waals surface area contributed by atoms with Crippen LogP contribution in [0, 0.1) is 5.92 Å². The van der Waals surface area contributed by atoms with Crippen molar-refractivity contribution in [2.45, 2.75) is 51.6 Å². The number of rotatable bonds is 10. The second-order valence-corrected chi connectivity index (χ2v) is 11.3. The van der Waals surface area contributed by atoms with Crippen LogP contribution in [0.3, 0.4) is 0 Å². The Balaban J connectivity index is 2.12. The van der Waals surface area contributed by atoms with Crippen molar-refractivity contribution in [3.8, 4) is 0 Å². The van der Waals surface area contributed by atoms with Crippen LogP contribution < -0.4 is 10.4 Å². The predicted octanol–water partition coefficient (Wildman–Crippen LogP) is 4.66. The monoisotopic (exact) mass is 338 g/mol. The number of hydrogen-bond acceptors (Lipinski definition) is 1. The molecule has 0 aromatic heterocycles. The number of aldehydes is 1. The van der Waals surface area contributed by atoms with E-state index in [4.69, 9.17) is 0 Å². The molecule has 0 fully saturated rings. The van der Waals surface area contributed by atoms with Crippen molar-refractivity contribution in [2.24, 2.45) is 5.92 Å². The number of carbonyl (C=O) groups is 1. The molecule has 1 nitrogen and oxygen atoms in total. The molecule has 0 spiro atoms. The Hall–Kier alpha value is -1.67. The molecule has 0 aliphatic carbocycles. The van der Waals surface area contributed by atoms with Crippen molar-refractivity contribution >= 4 is 24.7 Å². The maximum absolute atomic E-state index is 11.3. The van der Waals surface area contributed by atoms with Gasteiger partial charge in [0.05, 0.1) is 0 Å². The first kappa shape index (κ1) is 18.7. The highest BCUT2D eigenvalue weighted by Gasteiger charge is 2.31. The zero-order chi connectivity index (χ0) is 17.3. The molecule has 2 aromatic carbocycles. The molecule has 2 rings (SSSR count). The van der Waals surface area contributed by atoms with E-state index in [1.54, 1.807) is 0 Å². The van der Waals surface area contributed by atoms with E-state index in [1.165, 1.54) is 29.1 Å². The summed E-state index contributed by atoms with van der Waals surface area (Å²) in [6.45, 7) is 4.66. The van der Waals surface area contributed by atoms with Crippen LogP contribution >= 0.6 is 0 Å². The van der Waals surface area contributed by atoms with Crippen LogP contribution in [0.1, 0.15) is 39.0 Å². The van der Waals surface area contributed by atoms with E-state index in [-0.39, 0.29) is 5.92 Å². The van der Waals surface area contributed by atoms with Gasteiger partial charge in [0.2, 0.25) is 0 Å². The molecule has 1 unspecified atom stereocenters. The van der Waals surface area contributed by atoms with Crippen molar-refractivity contribution < 1.29 is 4.79 Å². The van der Waals surface area contributed by atoms with E-state index in [0.29, 0.717) is 0 Å². The highest BCUT2D eigenvalue weighted by Crippen LogP contribution is 2.20. The minimum absolute atomic E-state index is 0.245. The summed E-state index contributed by atoms with van der Waals surface area (Å²) in [6, 6.07) is 23.1. The topological polar surface area (TPSA) is 17.1 Å². The van der Waals surface area contributed by atoms with Crippen molar-refractivity contribution in [1.82, 2.24) is 0 Å². The molecule has 2 heteroatoms. The van der Waals surface area contributed by atoms with Crippen molar-refractivity contribution in [3.05, 3.63) is 60.7 Å².